The highest BCUT2D eigenvalue weighted by Crippen LogP contribution is 2.33. The quantitative estimate of drug-likeness (QED) is 0.646. The van der Waals surface area contributed by atoms with Crippen molar-refractivity contribution in [1.82, 2.24) is 4.31 Å². The first-order chi connectivity index (χ1) is 9.61. The summed E-state index contributed by atoms with van der Waals surface area (Å²) in [5.74, 6) is -0.684. The number of methoxy groups -OCH3 is 1. The van der Waals surface area contributed by atoms with E-state index in [2.05, 4.69) is 4.74 Å². The zero-order chi connectivity index (χ0) is 16.4. The monoisotopic (exact) mass is 354 g/mol. The predicted octanol–water partition coefficient (Wildman–Crippen LogP) is 2.15. The van der Waals surface area contributed by atoms with Crippen molar-refractivity contribution in [3.8, 4) is 0 Å². The van der Waals surface area contributed by atoms with E-state index in [9.17, 15) is 13.2 Å². The van der Waals surface area contributed by atoms with E-state index >= 15 is 0 Å². The summed E-state index contributed by atoms with van der Waals surface area (Å²) >= 11 is 11.7. The van der Waals surface area contributed by atoms with Gasteiger partial charge in [0.25, 0.3) is 0 Å². The summed E-state index contributed by atoms with van der Waals surface area (Å²) in [6.07, 6.45) is 0. The molecule has 0 aliphatic heterocycles. The van der Waals surface area contributed by atoms with Crippen LogP contribution in [0.25, 0.3) is 0 Å². The van der Waals surface area contributed by atoms with Crippen molar-refractivity contribution in [1.29, 1.82) is 0 Å². The first-order valence-electron chi connectivity index (χ1n) is 5.94. The molecule has 9 heteroatoms. The highest BCUT2D eigenvalue weighted by atomic mass is 35.5. The fourth-order valence-electron chi connectivity index (χ4n) is 1.71. The zero-order valence-electron chi connectivity index (χ0n) is 11.8. The van der Waals surface area contributed by atoms with Gasteiger partial charge in [0.2, 0.25) is 10.0 Å². The van der Waals surface area contributed by atoms with E-state index in [1.165, 1.54) is 19.2 Å². The zero-order valence-corrected chi connectivity index (χ0v) is 14.1. The highest BCUT2D eigenvalue weighted by Gasteiger charge is 2.33. The van der Waals surface area contributed by atoms with Crippen LogP contribution in [-0.2, 0) is 19.6 Å². The van der Waals surface area contributed by atoms with Crippen molar-refractivity contribution in [3.05, 3.63) is 22.2 Å². The van der Waals surface area contributed by atoms with Gasteiger partial charge in [0.1, 0.15) is 11.4 Å². The van der Waals surface area contributed by atoms with E-state index in [1.54, 1.807) is 13.8 Å². The Kier molecular flexibility index (Phi) is 5.86. The number of hydrogen-bond donors (Lipinski definition) is 1. The summed E-state index contributed by atoms with van der Waals surface area (Å²) < 4.78 is 30.9. The molecule has 0 aliphatic carbocycles. The summed E-state index contributed by atoms with van der Waals surface area (Å²) in [5.41, 5.74) is 5.64. The van der Waals surface area contributed by atoms with Crippen molar-refractivity contribution < 1.29 is 17.9 Å². The van der Waals surface area contributed by atoms with Crippen molar-refractivity contribution >= 4 is 44.9 Å². The number of benzene rings is 1. The van der Waals surface area contributed by atoms with Gasteiger partial charge in [-0.15, -0.1) is 0 Å². The Labute approximate surface area is 133 Å². The largest absolute Gasteiger partial charge is 0.468 e. The molecule has 6 nitrogen and oxygen atoms in total. The van der Waals surface area contributed by atoms with Gasteiger partial charge < -0.3 is 10.5 Å². The average molecular weight is 355 g/mol. The van der Waals surface area contributed by atoms with Crippen LogP contribution in [0.1, 0.15) is 13.8 Å². The van der Waals surface area contributed by atoms with Crippen molar-refractivity contribution in [2.45, 2.75) is 24.8 Å². The number of nitrogens with two attached hydrogens (primary N) is 1. The number of halogens is 2. The fourth-order valence-corrected chi connectivity index (χ4v) is 4.24. The molecule has 1 rings (SSSR count). The molecule has 0 aliphatic rings. The van der Waals surface area contributed by atoms with Gasteiger partial charge in [0.05, 0.1) is 17.8 Å². The second-order valence-electron chi connectivity index (χ2n) is 4.53. The molecule has 0 unspecified atom stereocenters. The maximum atomic E-state index is 12.7. The topological polar surface area (TPSA) is 89.7 Å². The van der Waals surface area contributed by atoms with E-state index < -0.39 is 28.6 Å². The molecular formula is C12H16Cl2N2O4S. The first-order valence-corrected chi connectivity index (χ1v) is 8.14. The van der Waals surface area contributed by atoms with Crippen molar-refractivity contribution in [2.75, 3.05) is 19.4 Å². The number of rotatable bonds is 5. The van der Waals surface area contributed by atoms with Crippen LogP contribution >= 0.6 is 23.2 Å². The predicted molar refractivity (Wildman–Crippen MR) is 81.9 cm³/mol. The lowest BCUT2D eigenvalue weighted by atomic mass is 10.3. The third kappa shape index (κ3) is 4.00. The van der Waals surface area contributed by atoms with Gasteiger partial charge >= 0.3 is 5.97 Å². The maximum absolute atomic E-state index is 12.7. The summed E-state index contributed by atoms with van der Waals surface area (Å²) in [5, 5.41) is 0.121. The molecular weight excluding hydrogens is 339 g/mol. The van der Waals surface area contributed by atoms with Crippen LogP contribution in [0.5, 0.6) is 0 Å². The molecule has 0 heterocycles. The molecule has 1 aromatic rings. The van der Waals surface area contributed by atoms with Crippen LogP contribution in [0.4, 0.5) is 5.69 Å². The van der Waals surface area contributed by atoms with E-state index in [0.717, 1.165) is 4.31 Å². The molecule has 0 atom stereocenters. The van der Waals surface area contributed by atoms with E-state index in [1.807, 2.05) is 0 Å². The molecule has 0 fully saturated rings. The van der Waals surface area contributed by atoms with E-state index in [4.69, 9.17) is 28.9 Å². The SMILES string of the molecule is COC(=O)CN(C(C)C)S(=O)(=O)c1c(N)cc(Cl)cc1Cl. The number of hydrogen-bond acceptors (Lipinski definition) is 5. The Morgan fingerprint density at radius 3 is 2.38 bits per heavy atom. The van der Waals surface area contributed by atoms with Crippen LogP contribution in [-0.4, -0.2) is 38.4 Å². The second kappa shape index (κ2) is 6.83. The normalized spacial score (nSPS) is 12.0. The molecule has 0 saturated carbocycles. The minimum atomic E-state index is -4.07. The van der Waals surface area contributed by atoms with E-state index in [0.29, 0.717) is 0 Å². The summed E-state index contributed by atoms with van der Waals surface area (Å²) in [4.78, 5) is 11.1. The fraction of sp³-hybridized carbons (Fsp3) is 0.417. The number of nitrogen functional groups attached to an aromatic ring is 1. The molecule has 0 saturated heterocycles. The van der Waals surface area contributed by atoms with Gasteiger partial charge in [-0.2, -0.15) is 4.31 Å². The lowest BCUT2D eigenvalue weighted by Gasteiger charge is -2.25. The summed E-state index contributed by atoms with van der Waals surface area (Å²) in [7, 11) is -2.89. The molecule has 0 amide bonds. The Morgan fingerprint density at radius 1 is 1.38 bits per heavy atom. The average Bonchev–Trinajstić information content (AvgIpc) is 2.33. The molecule has 21 heavy (non-hydrogen) atoms. The Hall–Kier alpha value is -1.02. The Bertz CT molecular complexity index is 624. The highest BCUT2D eigenvalue weighted by molar-refractivity contribution is 7.89. The van der Waals surface area contributed by atoms with Gasteiger partial charge in [-0.25, -0.2) is 8.42 Å². The number of ether oxygens (including phenoxy) is 1. The van der Waals surface area contributed by atoms with Crippen LogP contribution in [0.3, 0.4) is 0 Å². The number of sulfonamides is 1. The van der Waals surface area contributed by atoms with E-state index in [-0.39, 0.29) is 20.6 Å². The van der Waals surface area contributed by atoms with Crippen molar-refractivity contribution in [3.63, 3.8) is 0 Å². The molecule has 0 bridgehead atoms. The van der Waals surface area contributed by atoms with Gasteiger partial charge in [-0.1, -0.05) is 23.2 Å². The maximum Gasteiger partial charge on any atom is 0.321 e. The van der Waals surface area contributed by atoms with Gasteiger partial charge in [0, 0.05) is 11.1 Å². The van der Waals surface area contributed by atoms with Crippen LogP contribution in [0, 0.1) is 0 Å². The second-order valence-corrected chi connectivity index (χ2v) is 7.20. The first kappa shape index (κ1) is 18.0. The number of carbonyl (C=O) groups excluding carboxylic acids is 1. The summed E-state index contributed by atoms with van der Waals surface area (Å²) in [6.45, 7) is 2.82. The number of carbonyl (C=O) groups is 1. The Balaban J connectivity index is 3.40. The molecule has 0 spiro atoms. The minimum Gasteiger partial charge on any atom is -0.468 e. The third-order valence-corrected chi connectivity index (χ3v) is 5.46. The molecule has 2 N–H and O–H groups in total. The smallest absolute Gasteiger partial charge is 0.321 e. The van der Waals surface area contributed by atoms with Gasteiger partial charge in [-0.3, -0.25) is 4.79 Å². The number of anilines is 1. The summed E-state index contributed by atoms with van der Waals surface area (Å²) in [6, 6.07) is 2.08. The number of esters is 1. The standard InChI is InChI=1S/C12H16Cl2N2O4S/c1-7(2)16(6-11(17)20-3)21(18,19)12-9(14)4-8(13)5-10(12)15/h4-5,7H,6,15H2,1-3H3. The molecule has 1 aromatic carbocycles. The van der Waals surface area contributed by atoms with Gasteiger partial charge in [0.15, 0.2) is 0 Å². The third-order valence-electron chi connectivity index (χ3n) is 2.69. The van der Waals surface area contributed by atoms with Crippen LogP contribution in [0.15, 0.2) is 17.0 Å². The minimum absolute atomic E-state index is 0.0805. The lowest BCUT2D eigenvalue weighted by Crippen LogP contribution is -2.41. The van der Waals surface area contributed by atoms with Crippen LogP contribution in [0.2, 0.25) is 10.0 Å². The van der Waals surface area contributed by atoms with Crippen LogP contribution < -0.4 is 5.73 Å². The van der Waals surface area contributed by atoms with Gasteiger partial charge in [-0.05, 0) is 26.0 Å². The lowest BCUT2D eigenvalue weighted by molar-refractivity contribution is -0.141. The van der Waals surface area contributed by atoms with Crippen molar-refractivity contribution in [2.24, 2.45) is 0 Å². The molecule has 118 valence electrons. The Morgan fingerprint density at radius 2 is 1.95 bits per heavy atom. The molecule has 0 radical (unpaired) electrons. The molecule has 0 aromatic heterocycles. The number of nitrogens with zero attached hydrogens (tertiary/aromatic N) is 1.